The van der Waals surface area contributed by atoms with Crippen LogP contribution >= 0.6 is 11.6 Å². The molecule has 3 aliphatic rings. The second kappa shape index (κ2) is 5.03. The van der Waals surface area contributed by atoms with Crippen LogP contribution in [0.25, 0.3) is 0 Å². The summed E-state index contributed by atoms with van der Waals surface area (Å²) in [5.74, 6) is 2.89. The van der Waals surface area contributed by atoms with E-state index >= 15 is 0 Å². The number of halogens is 1. The molecule has 0 saturated heterocycles. The summed E-state index contributed by atoms with van der Waals surface area (Å²) in [5, 5.41) is 3.21. The molecule has 102 valence electrons. The fourth-order valence-electron chi connectivity index (χ4n) is 3.92. The van der Waals surface area contributed by atoms with Crippen LogP contribution in [0.3, 0.4) is 0 Å². The van der Waals surface area contributed by atoms with Crippen LogP contribution in [-0.2, 0) is 4.79 Å². The quantitative estimate of drug-likeness (QED) is 0.781. The van der Waals surface area contributed by atoms with Crippen molar-refractivity contribution in [1.82, 2.24) is 5.32 Å². The molecular weight excluding hydrogens is 246 g/mol. The van der Waals surface area contributed by atoms with Crippen molar-refractivity contribution in [2.45, 2.75) is 63.3 Å². The van der Waals surface area contributed by atoms with Gasteiger partial charge in [0.05, 0.1) is 5.54 Å². The van der Waals surface area contributed by atoms with Gasteiger partial charge in [0.25, 0.3) is 0 Å². The SMILES string of the molecule is O=C(NC1(CCl)CC1)C1CCC2CCCCC2C1. The Kier molecular flexibility index (Phi) is 3.57. The molecule has 3 heteroatoms. The third kappa shape index (κ3) is 2.54. The summed E-state index contributed by atoms with van der Waals surface area (Å²) >= 11 is 5.93. The number of hydrogen-bond donors (Lipinski definition) is 1. The van der Waals surface area contributed by atoms with E-state index in [2.05, 4.69) is 5.32 Å². The maximum Gasteiger partial charge on any atom is 0.223 e. The van der Waals surface area contributed by atoms with Crippen molar-refractivity contribution in [3.8, 4) is 0 Å². The Hall–Kier alpha value is -0.240. The number of carbonyl (C=O) groups is 1. The molecule has 0 aliphatic heterocycles. The first-order valence-electron chi connectivity index (χ1n) is 7.60. The molecule has 1 amide bonds. The summed E-state index contributed by atoms with van der Waals surface area (Å²) in [6, 6.07) is 0. The monoisotopic (exact) mass is 269 g/mol. The standard InChI is InChI=1S/C15H24ClNO/c16-10-15(7-8-15)17-14(18)13-6-5-11-3-1-2-4-12(11)9-13/h11-13H,1-10H2,(H,17,18). The van der Waals surface area contributed by atoms with Gasteiger partial charge in [0, 0.05) is 11.8 Å². The van der Waals surface area contributed by atoms with Gasteiger partial charge in [-0.1, -0.05) is 25.7 Å². The van der Waals surface area contributed by atoms with E-state index in [4.69, 9.17) is 11.6 Å². The van der Waals surface area contributed by atoms with Gasteiger partial charge in [0.15, 0.2) is 0 Å². The van der Waals surface area contributed by atoms with E-state index in [1.807, 2.05) is 0 Å². The molecular formula is C15H24ClNO. The van der Waals surface area contributed by atoms with E-state index < -0.39 is 0 Å². The van der Waals surface area contributed by atoms with Crippen LogP contribution in [0.2, 0.25) is 0 Å². The molecule has 0 aromatic carbocycles. The van der Waals surface area contributed by atoms with Gasteiger partial charge < -0.3 is 5.32 Å². The van der Waals surface area contributed by atoms with Crippen molar-refractivity contribution >= 4 is 17.5 Å². The van der Waals surface area contributed by atoms with Crippen molar-refractivity contribution in [3.63, 3.8) is 0 Å². The highest BCUT2D eigenvalue weighted by molar-refractivity contribution is 6.19. The van der Waals surface area contributed by atoms with Gasteiger partial charge in [-0.25, -0.2) is 0 Å². The molecule has 0 bridgehead atoms. The zero-order chi connectivity index (χ0) is 12.6. The average molecular weight is 270 g/mol. The molecule has 3 rings (SSSR count). The fourth-order valence-corrected chi connectivity index (χ4v) is 4.25. The number of amides is 1. The molecule has 0 heterocycles. The number of alkyl halides is 1. The van der Waals surface area contributed by atoms with Crippen molar-refractivity contribution in [2.24, 2.45) is 17.8 Å². The lowest BCUT2D eigenvalue weighted by Crippen LogP contribution is -2.44. The second-order valence-electron chi connectivity index (χ2n) is 6.72. The van der Waals surface area contributed by atoms with Crippen LogP contribution in [0.5, 0.6) is 0 Å². The van der Waals surface area contributed by atoms with Gasteiger partial charge in [0.2, 0.25) is 5.91 Å². The molecule has 0 radical (unpaired) electrons. The summed E-state index contributed by atoms with van der Waals surface area (Å²) in [7, 11) is 0. The van der Waals surface area contributed by atoms with Crippen molar-refractivity contribution in [1.29, 1.82) is 0 Å². The number of fused-ring (bicyclic) bond motifs is 1. The molecule has 3 fully saturated rings. The predicted molar refractivity (Wildman–Crippen MR) is 73.6 cm³/mol. The molecule has 3 saturated carbocycles. The molecule has 3 unspecified atom stereocenters. The Morgan fingerprint density at radius 3 is 2.50 bits per heavy atom. The molecule has 0 aromatic rings. The third-order valence-electron chi connectivity index (χ3n) is 5.41. The van der Waals surface area contributed by atoms with E-state index in [0.29, 0.717) is 5.88 Å². The maximum atomic E-state index is 12.3. The van der Waals surface area contributed by atoms with E-state index in [-0.39, 0.29) is 17.4 Å². The Bertz CT molecular complexity index is 326. The normalized spacial score (nSPS) is 37.7. The Morgan fingerprint density at radius 2 is 1.83 bits per heavy atom. The van der Waals surface area contributed by atoms with Gasteiger partial charge in [-0.2, -0.15) is 0 Å². The first kappa shape index (κ1) is 12.8. The molecule has 3 aliphatic carbocycles. The highest BCUT2D eigenvalue weighted by Gasteiger charge is 2.45. The minimum absolute atomic E-state index is 0.0257. The van der Waals surface area contributed by atoms with E-state index in [9.17, 15) is 4.79 Å². The highest BCUT2D eigenvalue weighted by Crippen LogP contribution is 2.43. The highest BCUT2D eigenvalue weighted by atomic mass is 35.5. The molecule has 0 spiro atoms. The fraction of sp³-hybridized carbons (Fsp3) is 0.933. The predicted octanol–water partition coefficient (Wildman–Crippen LogP) is 3.48. The molecule has 1 N–H and O–H groups in total. The Labute approximate surface area is 115 Å². The minimum Gasteiger partial charge on any atom is -0.349 e. The first-order valence-corrected chi connectivity index (χ1v) is 8.14. The zero-order valence-corrected chi connectivity index (χ0v) is 11.8. The Balaban J connectivity index is 1.55. The lowest BCUT2D eigenvalue weighted by molar-refractivity contribution is -0.128. The molecule has 18 heavy (non-hydrogen) atoms. The summed E-state index contributed by atoms with van der Waals surface area (Å²) in [6.45, 7) is 0. The number of nitrogens with one attached hydrogen (secondary N) is 1. The van der Waals surface area contributed by atoms with Gasteiger partial charge >= 0.3 is 0 Å². The van der Waals surface area contributed by atoms with Crippen LogP contribution in [0, 0.1) is 17.8 Å². The van der Waals surface area contributed by atoms with Crippen molar-refractivity contribution < 1.29 is 4.79 Å². The van der Waals surface area contributed by atoms with Gasteiger partial charge in [-0.05, 0) is 43.9 Å². The summed E-state index contributed by atoms with van der Waals surface area (Å²) in [4.78, 5) is 12.3. The van der Waals surface area contributed by atoms with Crippen molar-refractivity contribution in [3.05, 3.63) is 0 Å². The van der Waals surface area contributed by atoms with E-state index in [0.717, 1.165) is 37.5 Å². The lowest BCUT2D eigenvalue weighted by atomic mass is 9.67. The van der Waals surface area contributed by atoms with Crippen LogP contribution in [0.4, 0.5) is 0 Å². The number of rotatable bonds is 3. The smallest absolute Gasteiger partial charge is 0.223 e. The molecule has 3 atom stereocenters. The minimum atomic E-state index is -0.0257. The third-order valence-corrected chi connectivity index (χ3v) is 5.92. The van der Waals surface area contributed by atoms with Crippen molar-refractivity contribution in [2.75, 3.05) is 5.88 Å². The van der Waals surface area contributed by atoms with E-state index in [1.165, 1.54) is 32.1 Å². The topological polar surface area (TPSA) is 29.1 Å². The van der Waals surface area contributed by atoms with E-state index in [1.54, 1.807) is 0 Å². The van der Waals surface area contributed by atoms with Gasteiger partial charge in [-0.3, -0.25) is 4.79 Å². The van der Waals surface area contributed by atoms with Crippen LogP contribution < -0.4 is 5.32 Å². The summed E-state index contributed by atoms with van der Waals surface area (Å²) < 4.78 is 0. The van der Waals surface area contributed by atoms with Gasteiger partial charge in [0.1, 0.15) is 0 Å². The lowest BCUT2D eigenvalue weighted by Gasteiger charge is -2.39. The summed E-state index contributed by atoms with van der Waals surface area (Å²) in [6.07, 6.45) is 11.2. The van der Waals surface area contributed by atoms with Crippen LogP contribution in [0.1, 0.15) is 57.8 Å². The Morgan fingerprint density at radius 1 is 1.11 bits per heavy atom. The number of hydrogen-bond acceptors (Lipinski definition) is 1. The summed E-state index contributed by atoms with van der Waals surface area (Å²) in [5.41, 5.74) is -0.0257. The van der Waals surface area contributed by atoms with Crippen LogP contribution in [-0.4, -0.2) is 17.3 Å². The molecule has 2 nitrogen and oxygen atoms in total. The van der Waals surface area contributed by atoms with Crippen LogP contribution in [0.15, 0.2) is 0 Å². The average Bonchev–Trinajstić information content (AvgIpc) is 3.18. The largest absolute Gasteiger partial charge is 0.349 e. The number of carbonyl (C=O) groups excluding carboxylic acids is 1. The molecule has 0 aromatic heterocycles. The van der Waals surface area contributed by atoms with Gasteiger partial charge in [-0.15, -0.1) is 11.6 Å². The maximum absolute atomic E-state index is 12.3. The second-order valence-corrected chi connectivity index (χ2v) is 6.99. The zero-order valence-electron chi connectivity index (χ0n) is 11.1. The first-order chi connectivity index (χ1) is 8.72.